The van der Waals surface area contributed by atoms with Gasteiger partial charge in [0.2, 0.25) is 0 Å². The van der Waals surface area contributed by atoms with Crippen LogP contribution in [0, 0.1) is 0 Å². The SMILES string of the molecule is CC(C)[Si](C(C)C)(C(C)C)n1ccc2ccc(Nc3ccc4cc[nH]c4n3)nc21.Cn1ccc2ccc(Br)nc21.Nc1ccc2cc[nH]c2n1. The lowest BCUT2D eigenvalue weighted by molar-refractivity contribution is 0.770. The van der Waals surface area contributed by atoms with E-state index in [0.29, 0.717) is 22.4 Å². The maximum absolute atomic E-state index is 5.45. The predicted octanol–water partition coefficient (Wildman–Crippen LogP) is 10.2. The number of nitrogen functional groups attached to an aromatic ring is 1. The van der Waals surface area contributed by atoms with Gasteiger partial charge in [-0.3, -0.25) is 0 Å². The highest BCUT2D eigenvalue weighted by molar-refractivity contribution is 9.10. The van der Waals surface area contributed by atoms with Gasteiger partial charge in [-0.2, -0.15) is 0 Å². The summed E-state index contributed by atoms with van der Waals surface area (Å²) >= 11 is 3.33. The zero-order valence-corrected chi connectivity index (χ0v) is 32.2. The van der Waals surface area contributed by atoms with Gasteiger partial charge in [0.05, 0.1) is 0 Å². The molecule has 0 saturated carbocycles. The Morgan fingerprint density at radius 2 is 1.16 bits per heavy atom. The van der Waals surface area contributed by atoms with Crippen LogP contribution >= 0.6 is 15.9 Å². The van der Waals surface area contributed by atoms with Gasteiger partial charge in [0, 0.05) is 47.2 Å². The molecule has 0 radical (unpaired) electrons. The van der Waals surface area contributed by atoms with Crippen molar-refractivity contribution in [1.29, 1.82) is 0 Å². The summed E-state index contributed by atoms with van der Waals surface area (Å²) in [6.45, 7) is 14.3. The number of aromatic nitrogens is 8. The summed E-state index contributed by atoms with van der Waals surface area (Å²) in [5.74, 6) is 2.18. The number of fused-ring (bicyclic) bond motifs is 4. The van der Waals surface area contributed by atoms with E-state index < -0.39 is 8.24 Å². The molecule has 0 aliphatic rings. The molecule has 0 atom stereocenters. The first kappa shape index (κ1) is 34.9. The van der Waals surface area contributed by atoms with Crippen LogP contribution in [0.4, 0.5) is 17.5 Å². The van der Waals surface area contributed by atoms with E-state index in [1.807, 2.05) is 72.7 Å². The first-order chi connectivity index (χ1) is 24.0. The van der Waals surface area contributed by atoms with Crippen molar-refractivity contribution in [3.05, 3.63) is 102 Å². The fraction of sp³-hybridized carbons (Fsp3) is 0.263. The average Bonchev–Trinajstić information content (AvgIpc) is 3.89. The molecular formula is C38H45BrN10Si. The van der Waals surface area contributed by atoms with Gasteiger partial charge in [-0.15, -0.1) is 0 Å². The molecule has 12 heteroatoms. The highest BCUT2D eigenvalue weighted by Crippen LogP contribution is 2.44. The quantitative estimate of drug-likeness (QED) is 0.0989. The number of halogens is 1. The van der Waals surface area contributed by atoms with Crippen molar-refractivity contribution in [1.82, 2.24) is 38.7 Å². The molecule has 5 N–H and O–H groups in total. The molecule has 0 saturated heterocycles. The molecule has 0 spiro atoms. The molecular weight excluding hydrogens is 704 g/mol. The topological polar surface area (TPSA) is 131 Å². The van der Waals surface area contributed by atoms with Gasteiger partial charge in [0.15, 0.2) is 8.24 Å². The van der Waals surface area contributed by atoms with Crippen molar-refractivity contribution in [2.24, 2.45) is 7.05 Å². The number of nitrogens with one attached hydrogen (secondary N) is 3. The summed E-state index contributed by atoms with van der Waals surface area (Å²) in [6.07, 6.45) is 8.03. The number of hydrogen-bond donors (Lipinski definition) is 4. The van der Waals surface area contributed by atoms with Crippen molar-refractivity contribution >= 4 is 85.8 Å². The standard InChI is InChI=1S/C23H31N5Si.C8H7BrN2.C7H7N3/c1-15(2)29(16(3)4,17(5)6)28-14-12-19-8-10-21(27-23(19)28)25-20-9-7-18-11-13-24-22(18)26-20;1-11-5-4-6-2-3-7(9)10-8(6)11;8-6-2-1-5-3-4-9-7(5)10-6/h7-17H,1-6H3,(H2,24,25,26,27);2-5H,1H3;1-4H,(H3,8,9,10). The van der Waals surface area contributed by atoms with E-state index in [-0.39, 0.29) is 0 Å². The molecule has 0 aliphatic carbocycles. The minimum atomic E-state index is -1.85. The molecule has 0 aromatic carbocycles. The zero-order valence-electron chi connectivity index (χ0n) is 29.6. The smallest absolute Gasteiger partial charge is 0.171 e. The number of rotatable bonds is 6. The summed E-state index contributed by atoms with van der Waals surface area (Å²) in [5, 5.41) is 7.96. The first-order valence-electron chi connectivity index (χ1n) is 16.9. The van der Waals surface area contributed by atoms with Crippen molar-refractivity contribution in [2.45, 2.75) is 58.2 Å². The summed E-state index contributed by atoms with van der Waals surface area (Å²) < 4.78 is 5.43. The fourth-order valence-electron chi connectivity index (χ4n) is 7.41. The molecule has 10 nitrogen and oxygen atoms in total. The Labute approximate surface area is 301 Å². The Balaban J connectivity index is 0.000000166. The van der Waals surface area contributed by atoms with E-state index >= 15 is 0 Å². The van der Waals surface area contributed by atoms with Gasteiger partial charge < -0.3 is 29.8 Å². The van der Waals surface area contributed by atoms with Crippen LogP contribution < -0.4 is 11.1 Å². The summed E-state index contributed by atoms with van der Waals surface area (Å²) in [5.41, 5.74) is 11.1. The molecule has 8 heterocycles. The Morgan fingerprint density at radius 3 is 1.82 bits per heavy atom. The van der Waals surface area contributed by atoms with Crippen molar-refractivity contribution in [3.8, 4) is 0 Å². The molecule has 0 bridgehead atoms. The minimum Gasteiger partial charge on any atom is -0.384 e. The largest absolute Gasteiger partial charge is 0.384 e. The van der Waals surface area contributed by atoms with E-state index in [0.717, 1.165) is 49.6 Å². The monoisotopic (exact) mass is 748 g/mol. The molecule has 0 aliphatic heterocycles. The van der Waals surface area contributed by atoms with E-state index in [2.05, 4.69) is 122 Å². The van der Waals surface area contributed by atoms with E-state index in [4.69, 9.17) is 10.7 Å². The number of H-pyrrole nitrogens is 2. The molecule has 0 fully saturated rings. The Kier molecular flexibility index (Phi) is 10.1. The summed E-state index contributed by atoms with van der Waals surface area (Å²) in [4.78, 5) is 24.2. The van der Waals surface area contributed by atoms with Gasteiger partial charge in [-0.05, 0) is 112 Å². The van der Waals surface area contributed by atoms with Crippen LogP contribution in [-0.2, 0) is 7.05 Å². The van der Waals surface area contributed by atoms with Crippen LogP contribution in [0.15, 0.2) is 102 Å². The second-order valence-corrected chi connectivity index (χ2v) is 20.0. The maximum atomic E-state index is 5.45. The second-order valence-electron chi connectivity index (χ2n) is 13.5. The van der Waals surface area contributed by atoms with Crippen LogP contribution in [0.3, 0.4) is 0 Å². The van der Waals surface area contributed by atoms with Crippen LogP contribution in [0.25, 0.3) is 44.1 Å². The summed E-state index contributed by atoms with van der Waals surface area (Å²) in [7, 11) is 0.136. The van der Waals surface area contributed by atoms with E-state index in [1.165, 1.54) is 10.8 Å². The van der Waals surface area contributed by atoms with Gasteiger partial charge in [-0.1, -0.05) is 41.5 Å². The van der Waals surface area contributed by atoms with Crippen LogP contribution in [-0.4, -0.2) is 46.9 Å². The molecule has 8 aromatic heterocycles. The van der Waals surface area contributed by atoms with Gasteiger partial charge in [0.1, 0.15) is 44.6 Å². The molecule has 0 unspecified atom stereocenters. The lowest BCUT2D eigenvalue weighted by atomic mass is 10.3. The number of aromatic amines is 2. The third kappa shape index (κ3) is 6.90. The zero-order chi connectivity index (χ0) is 35.6. The molecule has 8 rings (SSSR count). The highest BCUT2D eigenvalue weighted by Gasteiger charge is 2.46. The van der Waals surface area contributed by atoms with Crippen molar-refractivity contribution in [3.63, 3.8) is 0 Å². The molecule has 8 aromatic rings. The first-order valence-corrected chi connectivity index (χ1v) is 19.9. The normalized spacial score (nSPS) is 11.8. The van der Waals surface area contributed by atoms with Crippen molar-refractivity contribution < 1.29 is 0 Å². The molecule has 0 amide bonds. The second kappa shape index (κ2) is 14.5. The average molecular weight is 750 g/mol. The number of anilines is 3. The number of nitrogens with zero attached hydrogens (tertiary/aromatic N) is 6. The van der Waals surface area contributed by atoms with E-state index in [1.54, 1.807) is 6.07 Å². The Bertz CT molecular complexity index is 2340. The third-order valence-corrected chi connectivity index (χ3v) is 16.7. The van der Waals surface area contributed by atoms with Crippen molar-refractivity contribution in [2.75, 3.05) is 11.1 Å². The highest BCUT2D eigenvalue weighted by atomic mass is 79.9. The lowest BCUT2D eigenvalue weighted by Gasteiger charge is -2.44. The number of nitrogens with two attached hydrogens (primary N) is 1. The van der Waals surface area contributed by atoms with Gasteiger partial charge in [0.25, 0.3) is 0 Å². The number of hydrogen-bond acceptors (Lipinski definition) is 6. The Morgan fingerprint density at radius 1 is 0.620 bits per heavy atom. The van der Waals surface area contributed by atoms with Crippen LogP contribution in [0.5, 0.6) is 0 Å². The predicted molar refractivity (Wildman–Crippen MR) is 214 cm³/mol. The fourth-order valence-corrected chi connectivity index (χ4v) is 14.3. The third-order valence-electron chi connectivity index (χ3n) is 9.51. The minimum absolute atomic E-state index is 0.551. The number of pyridine rings is 4. The maximum Gasteiger partial charge on any atom is 0.171 e. The Hall–Kier alpha value is -4.94. The van der Waals surface area contributed by atoms with Crippen LogP contribution in [0.1, 0.15) is 41.5 Å². The summed E-state index contributed by atoms with van der Waals surface area (Å²) in [6, 6.07) is 24.2. The van der Waals surface area contributed by atoms with Crippen LogP contribution in [0.2, 0.25) is 16.6 Å². The number of aryl methyl sites for hydroxylation is 1. The van der Waals surface area contributed by atoms with Gasteiger partial charge in [-0.25, -0.2) is 19.9 Å². The van der Waals surface area contributed by atoms with E-state index in [9.17, 15) is 0 Å². The molecule has 50 heavy (non-hydrogen) atoms. The van der Waals surface area contributed by atoms with Gasteiger partial charge >= 0.3 is 0 Å². The molecule has 258 valence electrons. The lowest BCUT2D eigenvalue weighted by Crippen LogP contribution is -2.51.